The third kappa shape index (κ3) is 11.6. The Morgan fingerprint density at radius 3 is 2.44 bits per heavy atom. The van der Waals surface area contributed by atoms with Crippen molar-refractivity contribution in [3.63, 3.8) is 0 Å². The van der Waals surface area contributed by atoms with E-state index in [-0.39, 0.29) is 85.6 Å². The Balaban J connectivity index is 0.791. The number of aliphatic hydroxyl groups is 1. The number of sulfone groups is 1. The maximum absolute atomic E-state index is 14.1. The number of cyclic esters (lactones) is 1. The number of unbranched alkanes of at least 4 members (excludes halogenated alkanes) is 3. The average Bonchev–Trinajstić information content (AvgIpc) is 4.26. The molecule has 5 N–H and O–H groups in total. The number of pyridine rings is 2. The Hall–Kier alpha value is -7.83. The lowest BCUT2D eigenvalue weighted by atomic mass is 9.86. The van der Waals surface area contributed by atoms with Crippen LogP contribution in [0.15, 0.2) is 71.0 Å². The number of benzene rings is 2. The number of nitrogens with zero attached hydrogens (tertiary/aromatic N) is 8. The monoisotopic (exact) mass is 1080 g/mol. The lowest BCUT2D eigenvalue weighted by molar-refractivity contribution is -0.172. The van der Waals surface area contributed by atoms with Gasteiger partial charge < -0.3 is 49.9 Å². The van der Waals surface area contributed by atoms with E-state index in [0.717, 1.165) is 22.8 Å². The fourth-order valence-corrected chi connectivity index (χ4v) is 10.2. The molecule has 0 saturated carbocycles. The fourth-order valence-electron chi connectivity index (χ4n) is 9.72. The predicted octanol–water partition coefficient (Wildman–Crippen LogP) is 4.66. The summed E-state index contributed by atoms with van der Waals surface area (Å²) in [5.41, 5.74) is 9.14. The first-order valence-corrected chi connectivity index (χ1v) is 27.5. The average molecular weight is 1080 g/mol. The molecule has 0 aliphatic carbocycles. The Morgan fingerprint density at radius 2 is 1.73 bits per heavy atom. The molecule has 0 radical (unpaired) electrons. The van der Waals surface area contributed by atoms with E-state index in [9.17, 15) is 37.5 Å². The van der Waals surface area contributed by atoms with Gasteiger partial charge in [0.15, 0.2) is 17.1 Å². The van der Waals surface area contributed by atoms with E-state index in [1.807, 2.05) is 19.9 Å². The van der Waals surface area contributed by atoms with Crippen molar-refractivity contribution in [1.29, 1.82) is 0 Å². The number of esters is 1. The molecule has 7 heterocycles. The number of hydrogen-bond donors (Lipinski definition) is 4. The van der Waals surface area contributed by atoms with Crippen molar-refractivity contribution in [2.75, 3.05) is 31.5 Å². The summed E-state index contributed by atoms with van der Waals surface area (Å²) in [5, 5.41) is 26.0. The van der Waals surface area contributed by atoms with Crippen molar-refractivity contribution in [1.82, 2.24) is 44.7 Å². The van der Waals surface area contributed by atoms with Crippen LogP contribution in [-0.4, -0.2) is 115 Å². The van der Waals surface area contributed by atoms with Crippen LogP contribution in [0.1, 0.15) is 100.0 Å². The lowest BCUT2D eigenvalue weighted by Gasteiger charge is -2.31. The normalized spacial score (nSPS) is 15.6. The largest absolute Gasteiger partial charge is 0.458 e. The molecule has 0 unspecified atom stereocenters. The van der Waals surface area contributed by atoms with Gasteiger partial charge in [-0.2, -0.15) is 0 Å². The zero-order valence-corrected chi connectivity index (χ0v) is 44.1. The molecule has 0 bridgehead atoms. The summed E-state index contributed by atoms with van der Waals surface area (Å²) in [4.78, 5) is 81.8. The molecule has 9 rings (SSSR count). The van der Waals surface area contributed by atoms with Crippen molar-refractivity contribution >= 4 is 50.3 Å². The highest BCUT2D eigenvalue weighted by Crippen LogP contribution is 2.43. The smallest absolute Gasteiger partial charge is 0.410 e. The van der Waals surface area contributed by atoms with E-state index in [1.165, 1.54) is 12.4 Å². The molecular weight excluding hydrogens is 1010 g/mol. The molecule has 0 spiro atoms. The Kier molecular flexibility index (Phi) is 16.0. The van der Waals surface area contributed by atoms with Gasteiger partial charge in [-0.1, -0.05) is 30.7 Å². The Bertz CT molecular complexity index is 3400. The number of carbonyl (C=O) groups excluding carboxylic acids is 4. The Labute approximate surface area is 443 Å². The number of fused-ring (bicyclic) bond motifs is 6. The van der Waals surface area contributed by atoms with Gasteiger partial charge in [0.2, 0.25) is 33.6 Å². The number of ether oxygens (including phenoxy) is 4. The van der Waals surface area contributed by atoms with Crippen LogP contribution in [-0.2, 0) is 72.0 Å². The maximum atomic E-state index is 14.1. The molecule has 2 aromatic carbocycles. The predicted molar refractivity (Wildman–Crippen MR) is 279 cm³/mol. The molecule has 77 heavy (non-hydrogen) atoms. The molecule has 2 atom stereocenters. The van der Waals surface area contributed by atoms with Gasteiger partial charge in [-0.3, -0.25) is 19.1 Å². The minimum absolute atomic E-state index is 0.00923. The topological polar surface area (TPSA) is 304 Å². The highest BCUT2D eigenvalue weighted by molar-refractivity contribution is 7.90. The summed E-state index contributed by atoms with van der Waals surface area (Å²) >= 11 is 0. The molecule has 4 aromatic heterocycles. The second-order valence-electron chi connectivity index (χ2n) is 19.6. The summed E-state index contributed by atoms with van der Waals surface area (Å²) in [6, 6.07) is 11.1. The second kappa shape index (κ2) is 22.8. The molecule has 0 fully saturated rings. The number of aromatic nitrogens is 7. The van der Waals surface area contributed by atoms with Crippen molar-refractivity contribution < 1.29 is 51.6 Å². The molecule has 3 amide bonds. The van der Waals surface area contributed by atoms with Gasteiger partial charge in [-0.15, -0.1) is 5.10 Å². The van der Waals surface area contributed by atoms with Crippen molar-refractivity contribution in [3.05, 3.63) is 99.2 Å². The van der Waals surface area contributed by atoms with Crippen LogP contribution in [0.3, 0.4) is 0 Å². The quantitative estimate of drug-likeness (QED) is 0.0407. The Morgan fingerprint density at radius 1 is 0.974 bits per heavy atom. The summed E-state index contributed by atoms with van der Waals surface area (Å²) in [6.07, 6.45) is 9.27. The van der Waals surface area contributed by atoms with Crippen LogP contribution in [0.2, 0.25) is 0 Å². The van der Waals surface area contributed by atoms with Crippen LogP contribution in [0.4, 0.5) is 10.5 Å². The number of carbonyl (C=O) groups is 4. The van der Waals surface area contributed by atoms with E-state index < -0.39 is 33.5 Å². The molecular formula is C53H61N11O12S. The number of rotatable bonds is 22. The van der Waals surface area contributed by atoms with Crippen LogP contribution in [0.25, 0.3) is 33.5 Å². The van der Waals surface area contributed by atoms with Crippen molar-refractivity contribution in [2.24, 2.45) is 5.73 Å². The highest BCUT2D eigenvalue weighted by atomic mass is 32.2. The molecule has 0 saturated heterocycles. The van der Waals surface area contributed by atoms with E-state index >= 15 is 0 Å². The first kappa shape index (κ1) is 54.0. The summed E-state index contributed by atoms with van der Waals surface area (Å²) < 4.78 is 49.2. The number of hydrogen-bond acceptors (Lipinski definition) is 18. The van der Waals surface area contributed by atoms with E-state index in [0.29, 0.717) is 109 Å². The highest BCUT2D eigenvalue weighted by Gasteiger charge is 2.45. The van der Waals surface area contributed by atoms with Crippen LogP contribution >= 0.6 is 0 Å². The lowest BCUT2D eigenvalue weighted by Crippen LogP contribution is -2.44. The van der Waals surface area contributed by atoms with Crippen molar-refractivity contribution in [2.45, 2.75) is 128 Å². The fraction of sp³-hybridized carbons (Fsp3) is 0.434. The SMILES string of the molecule is CC[C@@]1(O)C(=O)OCc2c1cc1n(c2=O)Cc2c-1nc1cc3c(cc1c2CCN(C(=O)OCc1ccc(NC(=O)[C@H](CCCCN)NC(=O)CCCCCn2cc(-c4cnc(S(C)(=O)=O)nc4)nn2)cc1)C(C)C)OCO3. The minimum Gasteiger partial charge on any atom is -0.458 e. The molecule has 406 valence electrons. The molecule has 24 heteroatoms. The third-order valence-electron chi connectivity index (χ3n) is 14.0. The number of aryl methyl sites for hydroxylation is 1. The van der Waals surface area contributed by atoms with Gasteiger partial charge in [-0.05, 0) is 101 Å². The van der Waals surface area contributed by atoms with Crippen LogP contribution < -0.4 is 31.4 Å². The summed E-state index contributed by atoms with van der Waals surface area (Å²) in [6.45, 7) is 6.57. The van der Waals surface area contributed by atoms with Crippen molar-refractivity contribution in [3.8, 4) is 34.1 Å². The van der Waals surface area contributed by atoms with Crippen LogP contribution in [0, 0.1) is 0 Å². The summed E-state index contributed by atoms with van der Waals surface area (Å²) in [5.74, 6) is -0.371. The van der Waals surface area contributed by atoms with E-state index in [1.54, 1.807) is 63.7 Å². The first-order chi connectivity index (χ1) is 36.9. The van der Waals surface area contributed by atoms with Gasteiger partial charge in [-0.25, -0.2) is 33.0 Å². The second-order valence-corrected chi connectivity index (χ2v) is 21.5. The van der Waals surface area contributed by atoms with Gasteiger partial charge >= 0.3 is 12.1 Å². The summed E-state index contributed by atoms with van der Waals surface area (Å²) in [7, 11) is -3.53. The van der Waals surface area contributed by atoms with Crippen LogP contribution in [0.5, 0.6) is 11.5 Å². The minimum atomic E-state index is -3.53. The van der Waals surface area contributed by atoms with Gasteiger partial charge in [0, 0.05) is 78.0 Å². The number of amides is 3. The van der Waals surface area contributed by atoms with E-state index in [2.05, 4.69) is 30.9 Å². The number of nitrogens with two attached hydrogens (primary N) is 1. The third-order valence-corrected chi connectivity index (χ3v) is 14.9. The van der Waals surface area contributed by atoms with E-state index in [4.69, 9.17) is 29.7 Å². The molecule has 3 aliphatic heterocycles. The van der Waals surface area contributed by atoms with Gasteiger partial charge in [0.1, 0.15) is 24.9 Å². The zero-order chi connectivity index (χ0) is 54.6. The molecule has 23 nitrogen and oxygen atoms in total. The maximum Gasteiger partial charge on any atom is 0.410 e. The number of anilines is 1. The van der Waals surface area contributed by atoms with Gasteiger partial charge in [0.05, 0.1) is 35.2 Å². The number of nitrogens with one attached hydrogen (secondary N) is 2. The standard InChI is InChI=1S/C53H61N11O12S/c1-5-53(70)39-22-43-47-37(26-64(43)49(67)38(39)29-73-50(53)68)35(36-21-44-45(76-30-75-44)23-41(36)59-47)17-20-63(31(2)3)52(69)74-28-32-13-15-34(16-14-32)57-48(66)40(11-8-9-18-54)58-46(65)12-7-6-10-19-62-27-42(60-61-62)33-24-55-51(56-25-33)77(4,71)72/h13-16,21-25,27,31,40,70H,5-12,17-20,26,28-30,54H2,1-4H3,(H,57,66)(H,58,65)/t40-,53-/m0/s1. The molecule has 6 aromatic rings. The first-order valence-electron chi connectivity index (χ1n) is 25.6. The van der Waals surface area contributed by atoms with Gasteiger partial charge in [0.25, 0.3) is 5.56 Å². The molecule has 3 aliphatic rings. The zero-order valence-electron chi connectivity index (χ0n) is 43.2.